The average molecular weight is 220 g/mol. The lowest BCUT2D eigenvalue weighted by Gasteiger charge is -2.11. The molecular weight excluding hydrogens is 202 g/mol. The highest BCUT2D eigenvalue weighted by atomic mass is 16.5. The van der Waals surface area contributed by atoms with Crippen LogP contribution in [0.2, 0.25) is 0 Å². The van der Waals surface area contributed by atoms with E-state index in [1.54, 1.807) is 0 Å². The zero-order chi connectivity index (χ0) is 12.1. The van der Waals surface area contributed by atoms with E-state index in [1.807, 2.05) is 39.8 Å². The predicted octanol–water partition coefficient (Wildman–Crippen LogP) is 2.50. The molecule has 0 aromatic heterocycles. The van der Waals surface area contributed by atoms with E-state index in [1.165, 1.54) is 12.3 Å². The van der Waals surface area contributed by atoms with Gasteiger partial charge < -0.3 is 10.1 Å². The molecule has 3 heteroatoms. The molecule has 1 N–H and O–H groups in total. The van der Waals surface area contributed by atoms with E-state index in [9.17, 15) is 4.79 Å². The summed E-state index contributed by atoms with van der Waals surface area (Å²) in [5.74, 6) is -0.122. The van der Waals surface area contributed by atoms with E-state index < -0.39 is 0 Å². The first-order valence-electron chi connectivity index (χ1n) is 5.38. The number of ether oxygens (including phenoxy) is 1. The van der Waals surface area contributed by atoms with Crippen molar-refractivity contribution in [2.45, 2.75) is 27.7 Å². The lowest BCUT2D eigenvalue weighted by molar-refractivity contribution is 0.0912. The van der Waals surface area contributed by atoms with Crippen molar-refractivity contribution in [1.82, 2.24) is 5.32 Å². The van der Waals surface area contributed by atoms with Crippen molar-refractivity contribution >= 4 is 5.91 Å². The topological polar surface area (TPSA) is 38.3 Å². The largest absolute Gasteiger partial charge is 0.354 e. The van der Waals surface area contributed by atoms with E-state index in [2.05, 4.69) is 5.32 Å². The number of amides is 1. The van der Waals surface area contributed by atoms with Gasteiger partial charge in [0.15, 0.2) is 6.73 Å². The Kier molecular flexibility index (Phi) is 4.50. The van der Waals surface area contributed by atoms with Crippen molar-refractivity contribution in [3.05, 3.63) is 41.1 Å². The van der Waals surface area contributed by atoms with Gasteiger partial charge in [-0.1, -0.05) is 17.7 Å². The highest BCUT2D eigenvalue weighted by Gasteiger charge is 2.12. The first-order valence-corrected chi connectivity index (χ1v) is 5.38. The summed E-state index contributed by atoms with van der Waals surface area (Å²) in [7, 11) is 0. The molecule has 1 rings (SSSR count). The van der Waals surface area contributed by atoms with Crippen LogP contribution in [0.3, 0.4) is 0 Å². The molecule has 0 atom stereocenters. The van der Waals surface area contributed by atoms with Gasteiger partial charge in [0.25, 0.3) is 5.91 Å². The molecule has 0 aliphatic carbocycles. The second-order valence-electron chi connectivity index (χ2n) is 3.82. The van der Waals surface area contributed by atoms with Gasteiger partial charge in [-0.05, 0) is 38.8 Å². The van der Waals surface area contributed by atoms with E-state index in [-0.39, 0.29) is 5.91 Å². The number of benzene rings is 1. The van der Waals surface area contributed by atoms with Gasteiger partial charge in [0, 0.05) is 12.2 Å². The lowest BCUT2D eigenvalue weighted by atomic mass is 9.99. The molecular formula is C13H18NO2. The van der Waals surface area contributed by atoms with Crippen LogP contribution in [-0.4, -0.2) is 12.5 Å². The molecule has 0 unspecified atom stereocenters. The Morgan fingerprint density at radius 2 is 1.88 bits per heavy atom. The molecule has 1 aromatic carbocycles. The van der Waals surface area contributed by atoms with E-state index in [0.29, 0.717) is 6.61 Å². The van der Waals surface area contributed by atoms with Gasteiger partial charge in [0.1, 0.15) is 0 Å². The Hall–Kier alpha value is -1.35. The van der Waals surface area contributed by atoms with E-state index in [4.69, 9.17) is 4.74 Å². The van der Waals surface area contributed by atoms with Crippen LogP contribution < -0.4 is 5.32 Å². The van der Waals surface area contributed by atoms with Gasteiger partial charge in [-0.3, -0.25) is 4.79 Å². The van der Waals surface area contributed by atoms with Crippen molar-refractivity contribution in [3.63, 3.8) is 0 Å². The highest BCUT2D eigenvalue weighted by molar-refractivity contribution is 5.97. The summed E-state index contributed by atoms with van der Waals surface area (Å²) in [5, 5.41) is 2.61. The Labute approximate surface area is 96.8 Å². The second-order valence-corrected chi connectivity index (χ2v) is 3.82. The van der Waals surface area contributed by atoms with Gasteiger partial charge in [-0.2, -0.15) is 0 Å². The molecule has 16 heavy (non-hydrogen) atoms. The Morgan fingerprint density at radius 3 is 2.38 bits per heavy atom. The normalized spacial score (nSPS) is 10.2. The number of hydrogen-bond donors (Lipinski definition) is 1. The molecule has 1 radical (unpaired) electrons. The Morgan fingerprint density at radius 1 is 1.31 bits per heavy atom. The average Bonchev–Trinajstić information content (AvgIpc) is 2.16. The minimum Gasteiger partial charge on any atom is -0.354 e. The van der Waals surface area contributed by atoms with Crippen LogP contribution in [0.4, 0.5) is 0 Å². The summed E-state index contributed by atoms with van der Waals surface area (Å²) < 4.78 is 4.97. The first-order chi connectivity index (χ1) is 7.56. The van der Waals surface area contributed by atoms with Crippen LogP contribution in [0.1, 0.15) is 34.0 Å². The molecule has 0 saturated carbocycles. The summed E-state index contributed by atoms with van der Waals surface area (Å²) in [6.45, 7) is 9.65. The lowest BCUT2D eigenvalue weighted by Crippen LogP contribution is -2.23. The number of rotatable bonds is 4. The third-order valence-corrected chi connectivity index (χ3v) is 2.34. The van der Waals surface area contributed by atoms with Crippen LogP contribution in [0.15, 0.2) is 12.1 Å². The molecule has 0 heterocycles. The maximum atomic E-state index is 11.9. The number of aryl methyl sites for hydroxylation is 3. The van der Waals surface area contributed by atoms with Gasteiger partial charge in [-0.25, -0.2) is 0 Å². The fraction of sp³-hybridized carbons (Fsp3) is 0.385. The van der Waals surface area contributed by atoms with Crippen molar-refractivity contribution in [2.24, 2.45) is 0 Å². The van der Waals surface area contributed by atoms with Crippen molar-refractivity contribution < 1.29 is 9.53 Å². The fourth-order valence-corrected chi connectivity index (χ4v) is 1.79. The van der Waals surface area contributed by atoms with Crippen LogP contribution in [0.5, 0.6) is 0 Å². The van der Waals surface area contributed by atoms with Crippen LogP contribution in [0.25, 0.3) is 0 Å². The summed E-state index contributed by atoms with van der Waals surface area (Å²) >= 11 is 0. The highest BCUT2D eigenvalue weighted by Crippen LogP contribution is 2.16. The maximum Gasteiger partial charge on any atom is 0.253 e. The van der Waals surface area contributed by atoms with E-state index >= 15 is 0 Å². The van der Waals surface area contributed by atoms with Crippen LogP contribution in [-0.2, 0) is 4.74 Å². The molecule has 1 aromatic rings. The number of hydrogen-bond acceptors (Lipinski definition) is 2. The number of nitrogens with one attached hydrogen (secondary N) is 1. The number of carbonyl (C=O) groups excluding carboxylic acids is 1. The van der Waals surface area contributed by atoms with Gasteiger partial charge in [0.05, 0.1) is 0 Å². The molecule has 0 saturated heterocycles. The number of carbonyl (C=O) groups is 1. The minimum absolute atomic E-state index is 0.122. The third-order valence-electron chi connectivity index (χ3n) is 2.34. The third kappa shape index (κ3) is 3.07. The molecule has 0 fully saturated rings. The summed E-state index contributed by atoms with van der Waals surface area (Å²) in [4.78, 5) is 11.9. The fourth-order valence-electron chi connectivity index (χ4n) is 1.79. The molecule has 0 aliphatic rings. The molecule has 1 amide bonds. The summed E-state index contributed by atoms with van der Waals surface area (Å²) in [6.07, 6.45) is 0. The predicted molar refractivity (Wildman–Crippen MR) is 64.0 cm³/mol. The Balaban J connectivity index is 2.83. The minimum atomic E-state index is -0.122. The molecule has 0 aliphatic heterocycles. The molecule has 3 nitrogen and oxygen atoms in total. The zero-order valence-corrected chi connectivity index (χ0v) is 10.3. The van der Waals surface area contributed by atoms with Crippen LogP contribution in [0, 0.1) is 27.5 Å². The monoisotopic (exact) mass is 220 g/mol. The summed E-state index contributed by atoms with van der Waals surface area (Å²) in [6, 6.07) is 4.01. The quantitative estimate of drug-likeness (QED) is 0.792. The van der Waals surface area contributed by atoms with Crippen molar-refractivity contribution in [3.8, 4) is 0 Å². The molecule has 0 spiro atoms. The molecule has 87 valence electrons. The standard InChI is InChI=1S/C13H18NO2/c1-5-16-8-14-13(15)12-10(3)6-9(2)7-11(12)4/h6-8H,5H2,1-4H3,(H,14,15). The van der Waals surface area contributed by atoms with E-state index in [0.717, 1.165) is 16.7 Å². The van der Waals surface area contributed by atoms with Gasteiger partial charge >= 0.3 is 0 Å². The zero-order valence-electron chi connectivity index (χ0n) is 10.3. The Bertz CT molecular complexity index is 363. The van der Waals surface area contributed by atoms with Crippen molar-refractivity contribution in [2.75, 3.05) is 6.61 Å². The van der Waals surface area contributed by atoms with Crippen molar-refractivity contribution in [1.29, 1.82) is 0 Å². The van der Waals surface area contributed by atoms with Gasteiger partial charge in [0.2, 0.25) is 0 Å². The van der Waals surface area contributed by atoms with Crippen LogP contribution >= 0.6 is 0 Å². The van der Waals surface area contributed by atoms with Gasteiger partial charge in [-0.15, -0.1) is 0 Å². The first kappa shape index (κ1) is 12.7. The smallest absolute Gasteiger partial charge is 0.253 e. The summed E-state index contributed by atoms with van der Waals surface area (Å²) in [5.41, 5.74) is 3.86. The molecule has 0 bridgehead atoms. The SMILES string of the molecule is CCO[CH]NC(=O)c1c(C)cc(C)cc1C. The second kappa shape index (κ2) is 5.66. The maximum absolute atomic E-state index is 11.9.